The van der Waals surface area contributed by atoms with Crippen LogP contribution in [-0.4, -0.2) is 12.3 Å². The SMILES string of the molecule is CCN=C(/C=C(\C)N)C(C)(C)C. The fourth-order valence-corrected chi connectivity index (χ4v) is 0.885. The Kier molecular flexibility index (Phi) is 4.01. The first-order valence-electron chi connectivity index (χ1n) is 4.36. The maximum atomic E-state index is 5.60. The van der Waals surface area contributed by atoms with Gasteiger partial charge in [0.15, 0.2) is 0 Å². The summed E-state index contributed by atoms with van der Waals surface area (Å²) in [5.74, 6) is 0. The van der Waals surface area contributed by atoms with E-state index in [1.54, 1.807) is 0 Å². The van der Waals surface area contributed by atoms with E-state index in [0.29, 0.717) is 0 Å². The van der Waals surface area contributed by atoms with E-state index < -0.39 is 0 Å². The van der Waals surface area contributed by atoms with Gasteiger partial charge < -0.3 is 5.73 Å². The van der Waals surface area contributed by atoms with Crippen molar-refractivity contribution in [2.75, 3.05) is 6.54 Å². The summed E-state index contributed by atoms with van der Waals surface area (Å²) in [6, 6.07) is 0. The Morgan fingerprint density at radius 2 is 1.92 bits per heavy atom. The molecule has 0 amide bonds. The van der Waals surface area contributed by atoms with Crippen LogP contribution in [0.3, 0.4) is 0 Å². The Labute approximate surface area is 75.6 Å². The van der Waals surface area contributed by atoms with Crippen LogP contribution in [-0.2, 0) is 0 Å². The predicted octanol–water partition coefficient (Wildman–Crippen LogP) is 2.36. The van der Waals surface area contributed by atoms with Gasteiger partial charge in [0, 0.05) is 23.4 Å². The minimum absolute atomic E-state index is 0.0939. The molecule has 0 spiro atoms. The van der Waals surface area contributed by atoms with Crippen molar-refractivity contribution in [3.8, 4) is 0 Å². The average Bonchev–Trinajstić information content (AvgIpc) is 1.83. The van der Waals surface area contributed by atoms with Crippen LogP contribution >= 0.6 is 0 Å². The van der Waals surface area contributed by atoms with Crippen LogP contribution in [0.25, 0.3) is 0 Å². The van der Waals surface area contributed by atoms with E-state index in [2.05, 4.69) is 25.8 Å². The van der Waals surface area contributed by atoms with E-state index in [9.17, 15) is 0 Å². The van der Waals surface area contributed by atoms with Crippen LogP contribution in [0.1, 0.15) is 34.6 Å². The van der Waals surface area contributed by atoms with Crippen LogP contribution in [0.4, 0.5) is 0 Å². The quantitative estimate of drug-likeness (QED) is 0.631. The molecule has 2 N–H and O–H groups in total. The lowest BCUT2D eigenvalue weighted by Crippen LogP contribution is -2.19. The van der Waals surface area contributed by atoms with Gasteiger partial charge in [0.05, 0.1) is 0 Å². The Balaban J connectivity index is 4.70. The van der Waals surface area contributed by atoms with E-state index in [1.807, 2.05) is 19.9 Å². The summed E-state index contributed by atoms with van der Waals surface area (Å²) in [5.41, 5.74) is 7.59. The molecule has 0 atom stereocenters. The maximum Gasteiger partial charge on any atom is 0.0418 e. The number of hydrogen-bond donors (Lipinski definition) is 1. The molecule has 0 aromatic carbocycles. The van der Waals surface area contributed by atoms with Gasteiger partial charge in [-0.15, -0.1) is 0 Å². The molecule has 0 aliphatic rings. The number of aliphatic imine (C=N–C) groups is 1. The van der Waals surface area contributed by atoms with Gasteiger partial charge in [-0.25, -0.2) is 0 Å². The fraction of sp³-hybridized carbons (Fsp3) is 0.700. The topological polar surface area (TPSA) is 38.4 Å². The molecule has 0 aliphatic carbocycles. The second-order valence-electron chi connectivity index (χ2n) is 4.00. The second kappa shape index (κ2) is 4.29. The highest BCUT2D eigenvalue weighted by Gasteiger charge is 2.15. The van der Waals surface area contributed by atoms with E-state index in [4.69, 9.17) is 5.73 Å². The van der Waals surface area contributed by atoms with Crippen molar-refractivity contribution in [2.24, 2.45) is 16.1 Å². The summed E-state index contributed by atoms with van der Waals surface area (Å²) in [6.07, 6.45) is 1.95. The normalized spacial score (nSPS) is 15.1. The zero-order valence-electron chi connectivity index (χ0n) is 8.81. The minimum atomic E-state index is 0.0939. The summed E-state index contributed by atoms with van der Waals surface area (Å²) in [6.45, 7) is 11.2. The van der Waals surface area contributed by atoms with Crippen LogP contribution in [0.5, 0.6) is 0 Å². The third kappa shape index (κ3) is 4.16. The largest absolute Gasteiger partial charge is 0.402 e. The number of nitrogens with zero attached hydrogens (tertiary/aromatic N) is 1. The van der Waals surface area contributed by atoms with Gasteiger partial charge in [-0.1, -0.05) is 20.8 Å². The van der Waals surface area contributed by atoms with Gasteiger partial charge in [0.2, 0.25) is 0 Å². The zero-order valence-corrected chi connectivity index (χ0v) is 8.81. The van der Waals surface area contributed by atoms with Gasteiger partial charge in [0.1, 0.15) is 0 Å². The first-order chi connectivity index (χ1) is 5.38. The number of rotatable bonds is 2. The zero-order chi connectivity index (χ0) is 9.78. The van der Waals surface area contributed by atoms with Crippen molar-refractivity contribution in [3.05, 3.63) is 11.8 Å². The van der Waals surface area contributed by atoms with Crippen LogP contribution in [0, 0.1) is 5.41 Å². The van der Waals surface area contributed by atoms with Crippen molar-refractivity contribution in [1.29, 1.82) is 0 Å². The molecule has 2 nitrogen and oxygen atoms in total. The van der Waals surface area contributed by atoms with Gasteiger partial charge in [-0.05, 0) is 19.9 Å². The van der Waals surface area contributed by atoms with Gasteiger partial charge in [-0.3, -0.25) is 4.99 Å². The van der Waals surface area contributed by atoms with E-state index >= 15 is 0 Å². The highest BCUT2D eigenvalue weighted by molar-refractivity contribution is 5.99. The molecule has 0 fully saturated rings. The predicted molar refractivity (Wildman–Crippen MR) is 55.4 cm³/mol. The highest BCUT2D eigenvalue weighted by atomic mass is 14.7. The van der Waals surface area contributed by atoms with Crippen molar-refractivity contribution in [2.45, 2.75) is 34.6 Å². The smallest absolute Gasteiger partial charge is 0.0418 e. The van der Waals surface area contributed by atoms with Crippen LogP contribution < -0.4 is 5.73 Å². The van der Waals surface area contributed by atoms with Gasteiger partial charge in [-0.2, -0.15) is 0 Å². The third-order valence-electron chi connectivity index (χ3n) is 1.46. The lowest BCUT2D eigenvalue weighted by atomic mass is 9.89. The molecule has 12 heavy (non-hydrogen) atoms. The average molecular weight is 168 g/mol. The molecule has 0 aliphatic heterocycles. The maximum absolute atomic E-state index is 5.60. The Bertz CT molecular complexity index is 190. The highest BCUT2D eigenvalue weighted by Crippen LogP contribution is 2.17. The molecule has 0 unspecified atom stereocenters. The summed E-state index contributed by atoms with van der Waals surface area (Å²) >= 11 is 0. The molecule has 2 heteroatoms. The summed E-state index contributed by atoms with van der Waals surface area (Å²) in [4.78, 5) is 4.40. The lowest BCUT2D eigenvalue weighted by Gasteiger charge is -2.19. The van der Waals surface area contributed by atoms with Crippen molar-refractivity contribution in [3.63, 3.8) is 0 Å². The second-order valence-corrected chi connectivity index (χ2v) is 4.00. The molecule has 0 saturated heterocycles. The molecule has 0 aromatic heterocycles. The van der Waals surface area contributed by atoms with Gasteiger partial charge in [0.25, 0.3) is 0 Å². The molecule has 70 valence electrons. The molecular weight excluding hydrogens is 148 g/mol. The summed E-state index contributed by atoms with van der Waals surface area (Å²) in [5, 5.41) is 0. The summed E-state index contributed by atoms with van der Waals surface area (Å²) < 4.78 is 0. The Morgan fingerprint density at radius 1 is 1.42 bits per heavy atom. The molecule has 0 aromatic rings. The monoisotopic (exact) mass is 168 g/mol. The van der Waals surface area contributed by atoms with Crippen molar-refractivity contribution >= 4 is 5.71 Å². The van der Waals surface area contributed by atoms with Crippen LogP contribution in [0.15, 0.2) is 16.8 Å². The number of nitrogens with two attached hydrogens (primary N) is 1. The first-order valence-corrected chi connectivity index (χ1v) is 4.36. The van der Waals surface area contributed by atoms with Crippen molar-refractivity contribution < 1.29 is 0 Å². The number of allylic oxidation sites excluding steroid dienone is 2. The molecule has 0 radical (unpaired) electrons. The molecule has 0 saturated carbocycles. The minimum Gasteiger partial charge on any atom is -0.402 e. The number of hydrogen-bond acceptors (Lipinski definition) is 2. The van der Waals surface area contributed by atoms with Crippen LogP contribution in [0.2, 0.25) is 0 Å². The molecule has 0 heterocycles. The van der Waals surface area contributed by atoms with Crippen molar-refractivity contribution in [1.82, 2.24) is 0 Å². The Hall–Kier alpha value is -0.790. The standard InChI is InChI=1S/C10H20N2/c1-6-12-9(7-8(2)11)10(3,4)5/h7H,6,11H2,1-5H3/b8-7+,12-9?. The molecule has 0 rings (SSSR count). The summed E-state index contributed by atoms with van der Waals surface area (Å²) in [7, 11) is 0. The molecule has 0 bridgehead atoms. The first kappa shape index (κ1) is 11.2. The van der Waals surface area contributed by atoms with E-state index in [-0.39, 0.29) is 5.41 Å². The van der Waals surface area contributed by atoms with Gasteiger partial charge >= 0.3 is 0 Å². The van der Waals surface area contributed by atoms with E-state index in [1.165, 1.54) is 0 Å². The third-order valence-corrected chi connectivity index (χ3v) is 1.46. The Morgan fingerprint density at radius 3 is 2.17 bits per heavy atom. The molecular formula is C10H20N2. The fourth-order valence-electron chi connectivity index (χ4n) is 0.885. The lowest BCUT2D eigenvalue weighted by molar-refractivity contribution is 0.591. The van der Waals surface area contributed by atoms with E-state index in [0.717, 1.165) is 18.0 Å².